The van der Waals surface area contributed by atoms with Gasteiger partial charge in [0.25, 0.3) is 5.91 Å². The molecule has 0 atom stereocenters. The first-order valence-corrected chi connectivity index (χ1v) is 9.49. The van der Waals surface area contributed by atoms with Gasteiger partial charge in [-0.3, -0.25) is 4.79 Å². The Hall–Kier alpha value is -2.84. The van der Waals surface area contributed by atoms with E-state index < -0.39 is 0 Å². The minimum atomic E-state index is -0.265. The van der Waals surface area contributed by atoms with E-state index in [4.69, 9.17) is 4.74 Å². The van der Waals surface area contributed by atoms with Crippen LogP contribution >= 0.6 is 12.4 Å². The van der Waals surface area contributed by atoms with E-state index in [1.54, 1.807) is 18.5 Å². The zero-order chi connectivity index (χ0) is 19.5. The Kier molecular flexibility index (Phi) is 6.56. The van der Waals surface area contributed by atoms with Gasteiger partial charge in [-0.2, -0.15) is 0 Å². The van der Waals surface area contributed by atoms with Gasteiger partial charge in [0.1, 0.15) is 17.2 Å². The predicted molar refractivity (Wildman–Crippen MR) is 116 cm³/mol. The summed E-state index contributed by atoms with van der Waals surface area (Å²) < 4.78 is 7.49. The summed E-state index contributed by atoms with van der Waals surface area (Å²) in [5, 5.41) is 6.20. The number of halogens is 1. The van der Waals surface area contributed by atoms with Crippen molar-refractivity contribution in [1.29, 1.82) is 0 Å². The number of aromatic nitrogens is 3. The topological polar surface area (TPSA) is 83.8 Å². The number of nitrogens with one attached hydrogen (secondary N) is 2. The van der Waals surface area contributed by atoms with Crippen LogP contribution in [0.15, 0.2) is 36.8 Å². The molecule has 3 aromatic rings. The van der Waals surface area contributed by atoms with Crippen LogP contribution in [0, 0.1) is 6.92 Å². The number of ether oxygens (including phenoxy) is 1. The maximum absolute atomic E-state index is 12.9. The summed E-state index contributed by atoms with van der Waals surface area (Å²) in [5.74, 6) is 0.753. The molecule has 1 saturated heterocycles. The maximum Gasteiger partial charge on any atom is 0.262 e. The van der Waals surface area contributed by atoms with E-state index in [0.29, 0.717) is 23.7 Å². The first kappa shape index (κ1) is 20.9. The minimum Gasteiger partial charge on any atom is -0.493 e. The molecule has 2 N–H and O–H groups in total. The van der Waals surface area contributed by atoms with Crippen molar-refractivity contribution < 1.29 is 9.53 Å². The van der Waals surface area contributed by atoms with Crippen LogP contribution in [0.5, 0.6) is 5.75 Å². The number of pyridine rings is 2. The molecule has 0 aromatic carbocycles. The highest BCUT2D eigenvalue weighted by Crippen LogP contribution is 2.23. The van der Waals surface area contributed by atoms with Crippen LogP contribution in [0.2, 0.25) is 0 Å². The first-order valence-electron chi connectivity index (χ1n) is 9.49. The SMILES string of the molecule is CCOc1cc2nc(C)cn2cc1C(=O)Nc1ccc(N2CCNCC2)cn1.Cl. The Morgan fingerprint density at radius 1 is 1.28 bits per heavy atom. The van der Waals surface area contributed by atoms with Crippen LogP contribution in [0.25, 0.3) is 5.65 Å². The van der Waals surface area contributed by atoms with Gasteiger partial charge in [-0.15, -0.1) is 12.4 Å². The maximum atomic E-state index is 12.9. The fourth-order valence-corrected chi connectivity index (χ4v) is 3.34. The van der Waals surface area contributed by atoms with Crippen molar-refractivity contribution in [2.45, 2.75) is 13.8 Å². The van der Waals surface area contributed by atoms with E-state index in [0.717, 1.165) is 43.2 Å². The predicted octanol–water partition coefficient (Wildman–Crippen LogP) is 2.52. The molecule has 9 heteroatoms. The van der Waals surface area contributed by atoms with E-state index in [1.165, 1.54) is 0 Å². The molecule has 0 radical (unpaired) electrons. The summed E-state index contributed by atoms with van der Waals surface area (Å²) in [7, 11) is 0. The zero-order valence-electron chi connectivity index (χ0n) is 16.5. The largest absolute Gasteiger partial charge is 0.493 e. The molecule has 0 saturated carbocycles. The van der Waals surface area contributed by atoms with Gasteiger partial charge in [-0.05, 0) is 26.0 Å². The molecule has 1 fully saturated rings. The smallest absolute Gasteiger partial charge is 0.262 e. The zero-order valence-corrected chi connectivity index (χ0v) is 17.3. The molecule has 1 amide bonds. The lowest BCUT2D eigenvalue weighted by Crippen LogP contribution is -2.43. The van der Waals surface area contributed by atoms with Crippen molar-refractivity contribution in [2.24, 2.45) is 0 Å². The van der Waals surface area contributed by atoms with E-state index in [9.17, 15) is 4.79 Å². The monoisotopic (exact) mass is 416 g/mol. The summed E-state index contributed by atoms with van der Waals surface area (Å²) in [5.41, 5.74) is 3.13. The van der Waals surface area contributed by atoms with Crippen molar-refractivity contribution in [3.05, 3.63) is 48.0 Å². The highest BCUT2D eigenvalue weighted by molar-refractivity contribution is 6.05. The Morgan fingerprint density at radius 3 is 2.76 bits per heavy atom. The number of amides is 1. The van der Waals surface area contributed by atoms with Crippen LogP contribution < -0.4 is 20.3 Å². The van der Waals surface area contributed by atoms with Crippen molar-refractivity contribution in [2.75, 3.05) is 43.0 Å². The number of carbonyl (C=O) groups excluding carboxylic acids is 1. The number of piperazine rings is 1. The fourth-order valence-electron chi connectivity index (χ4n) is 3.34. The number of anilines is 2. The number of aryl methyl sites for hydroxylation is 1. The molecule has 154 valence electrons. The number of hydrogen-bond donors (Lipinski definition) is 2. The van der Waals surface area contributed by atoms with Gasteiger partial charge < -0.3 is 24.7 Å². The third kappa shape index (κ3) is 4.60. The van der Waals surface area contributed by atoms with Crippen LogP contribution in [0.1, 0.15) is 23.0 Å². The quantitative estimate of drug-likeness (QED) is 0.665. The van der Waals surface area contributed by atoms with Crippen molar-refractivity contribution in [1.82, 2.24) is 19.7 Å². The Bertz CT molecular complexity index is 983. The number of rotatable bonds is 5. The molecule has 0 aliphatic carbocycles. The molecule has 4 rings (SSSR count). The third-order valence-corrected chi connectivity index (χ3v) is 4.69. The van der Waals surface area contributed by atoms with Crippen molar-refractivity contribution >= 4 is 35.5 Å². The molecule has 29 heavy (non-hydrogen) atoms. The first-order chi connectivity index (χ1) is 13.6. The Morgan fingerprint density at radius 2 is 2.07 bits per heavy atom. The van der Waals surface area contributed by atoms with Gasteiger partial charge in [-0.25, -0.2) is 9.97 Å². The van der Waals surface area contributed by atoms with Gasteiger partial charge in [-0.1, -0.05) is 0 Å². The Labute approximate surface area is 175 Å². The number of carbonyl (C=O) groups is 1. The number of imidazole rings is 1. The molecule has 4 heterocycles. The molecule has 1 aliphatic heterocycles. The highest BCUT2D eigenvalue weighted by Gasteiger charge is 2.17. The standard InChI is InChI=1S/C20H24N6O2.ClH/c1-3-28-17-10-19-23-14(2)12-26(19)13-16(17)20(27)24-18-5-4-15(11-22-18)25-8-6-21-7-9-25;/h4-5,10-13,21H,3,6-9H2,1-2H3,(H,22,24,27);1H. The summed E-state index contributed by atoms with van der Waals surface area (Å²) >= 11 is 0. The van der Waals surface area contributed by atoms with Crippen molar-refractivity contribution in [3.8, 4) is 5.75 Å². The lowest BCUT2D eigenvalue weighted by Gasteiger charge is -2.29. The number of hydrogen-bond acceptors (Lipinski definition) is 6. The van der Waals surface area contributed by atoms with Crippen molar-refractivity contribution in [3.63, 3.8) is 0 Å². The van der Waals surface area contributed by atoms with Gasteiger partial charge in [0.15, 0.2) is 0 Å². The molecule has 0 spiro atoms. The Balaban J connectivity index is 0.00000240. The van der Waals surface area contributed by atoms with Crippen LogP contribution in [0.3, 0.4) is 0 Å². The third-order valence-electron chi connectivity index (χ3n) is 4.69. The molecule has 0 bridgehead atoms. The highest BCUT2D eigenvalue weighted by atomic mass is 35.5. The summed E-state index contributed by atoms with van der Waals surface area (Å²) in [6.07, 6.45) is 5.42. The van der Waals surface area contributed by atoms with Gasteiger partial charge in [0.05, 0.1) is 29.7 Å². The van der Waals surface area contributed by atoms with Gasteiger partial charge in [0.2, 0.25) is 0 Å². The average Bonchev–Trinajstić information content (AvgIpc) is 3.08. The molecule has 1 aliphatic rings. The lowest BCUT2D eigenvalue weighted by atomic mass is 10.2. The number of nitrogens with zero attached hydrogens (tertiary/aromatic N) is 4. The van der Waals surface area contributed by atoms with E-state index in [1.807, 2.05) is 36.6 Å². The van der Waals surface area contributed by atoms with Gasteiger partial charge in [0, 0.05) is 44.6 Å². The minimum absolute atomic E-state index is 0. The van der Waals surface area contributed by atoms with E-state index >= 15 is 0 Å². The second-order valence-electron chi connectivity index (χ2n) is 6.72. The van der Waals surface area contributed by atoms with E-state index in [2.05, 4.69) is 25.5 Å². The fraction of sp³-hybridized carbons (Fsp3) is 0.350. The summed E-state index contributed by atoms with van der Waals surface area (Å²) in [6.45, 7) is 8.11. The van der Waals surface area contributed by atoms with Gasteiger partial charge >= 0.3 is 0 Å². The van der Waals surface area contributed by atoms with Crippen LogP contribution in [0.4, 0.5) is 11.5 Å². The lowest BCUT2D eigenvalue weighted by molar-refractivity contribution is 0.102. The number of fused-ring (bicyclic) bond motifs is 1. The van der Waals surface area contributed by atoms with Crippen LogP contribution in [-0.2, 0) is 0 Å². The second-order valence-corrected chi connectivity index (χ2v) is 6.72. The second kappa shape index (κ2) is 9.11. The normalized spacial score (nSPS) is 13.8. The van der Waals surface area contributed by atoms with E-state index in [-0.39, 0.29) is 18.3 Å². The average molecular weight is 417 g/mol. The molecule has 0 unspecified atom stereocenters. The molecular formula is C20H25ClN6O2. The summed E-state index contributed by atoms with van der Waals surface area (Å²) in [6, 6.07) is 5.60. The molecular weight excluding hydrogens is 392 g/mol. The van der Waals surface area contributed by atoms with Crippen LogP contribution in [-0.4, -0.2) is 53.1 Å². The molecule has 8 nitrogen and oxygen atoms in total. The summed E-state index contributed by atoms with van der Waals surface area (Å²) in [4.78, 5) is 24.0. The molecule has 3 aromatic heterocycles.